The Labute approximate surface area is 198 Å². The Hall–Kier alpha value is -3.36. The summed E-state index contributed by atoms with van der Waals surface area (Å²) in [5.74, 6) is -1.25. The molecular weight excluding hydrogens is 455 g/mol. The van der Waals surface area contributed by atoms with Gasteiger partial charge in [0.1, 0.15) is 11.9 Å². The fourth-order valence-corrected chi connectivity index (χ4v) is 5.57. The topological polar surface area (TPSA) is 74.8 Å². The highest BCUT2D eigenvalue weighted by molar-refractivity contribution is 7.89. The van der Waals surface area contributed by atoms with Crippen LogP contribution in [0, 0.1) is 5.82 Å². The van der Waals surface area contributed by atoms with Crippen molar-refractivity contribution in [3.63, 3.8) is 0 Å². The maximum atomic E-state index is 13.6. The SMILES string of the molecule is CC(C)c1ccc(N2C(=O)CC(N(Cc3ccc(F)cc3)S(=O)(=O)c3ccccc3)C2=O)cc1. The van der Waals surface area contributed by atoms with Gasteiger partial charge in [-0.15, -0.1) is 0 Å². The zero-order valence-electron chi connectivity index (χ0n) is 18.9. The van der Waals surface area contributed by atoms with Gasteiger partial charge in [-0.3, -0.25) is 9.59 Å². The van der Waals surface area contributed by atoms with Crippen molar-refractivity contribution in [2.75, 3.05) is 4.90 Å². The van der Waals surface area contributed by atoms with Crippen LogP contribution in [-0.4, -0.2) is 30.6 Å². The number of carbonyl (C=O) groups excluding carboxylic acids is 2. The van der Waals surface area contributed by atoms with E-state index in [1.54, 1.807) is 30.3 Å². The molecule has 176 valence electrons. The van der Waals surface area contributed by atoms with Crippen LogP contribution < -0.4 is 4.90 Å². The van der Waals surface area contributed by atoms with E-state index in [9.17, 15) is 22.4 Å². The summed E-state index contributed by atoms with van der Waals surface area (Å²) in [4.78, 5) is 27.4. The third kappa shape index (κ3) is 4.64. The van der Waals surface area contributed by atoms with Crippen LogP contribution in [0.1, 0.15) is 37.3 Å². The first-order valence-electron chi connectivity index (χ1n) is 11.0. The Morgan fingerprint density at radius 3 is 2.15 bits per heavy atom. The summed E-state index contributed by atoms with van der Waals surface area (Å²) in [6, 6.07) is 19.0. The second-order valence-electron chi connectivity index (χ2n) is 8.52. The van der Waals surface area contributed by atoms with Gasteiger partial charge in [-0.2, -0.15) is 4.31 Å². The highest BCUT2D eigenvalue weighted by Gasteiger charge is 2.47. The van der Waals surface area contributed by atoms with Gasteiger partial charge >= 0.3 is 0 Å². The van der Waals surface area contributed by atoms with Crippen molar-refractivity contribution < 1.29 is 22.4 Å². The maximum Gasteiger partial charge on any atom is 0.252 e. The van der Waals surface area contributed by atoms with Gasteiger partial charge in [0.25, 0.3) is 5.91 Å². The van der Waals surface area contributed by atoms with E-state index in [2.05, 4.69) is 0 Å². The Balaban J connectivity index is 1.71. The molecule has 8 heteroatoms. The average Bonchev–Trinajstić information content (AvgIpc) is 3.12. The fourth-order valence-electron chi connectivity index (χ4n) is 3.98. The van der Waals surface area contributed by atoms with Gasteiger partial charge in [-0.25, -0.2) is 17.7 Å². The molecule has 1 unspecified atom stereocenters. The standard InChI is InChI=1S/C26H25FN2O4S/c1-18(2)20-10-14-22(15-11-20)29-25(30)16-24(26(29)31)28(17-19-8-12-21(27)13-9-19)34(32,33)23-6-4-3-5-7-23/h3-15,18,24H,16-17H2,1-2H3. The molecular formula is C26H25FN2O4S. The zero-order chi connectivity index (χ0) is 24.5. The van der Waals surface area contributed by atoms with E-state index in [4.69, 9.17) is 0 Å². The van der Waals surface area contributed by atoms with Gasteiger partial charge in [0.2, 0.25) is 15.9 Å². The molecule has 1 atom stereocenters. The molecule has 2 amide bonds. The highest BCUT2D eigenvalue weighted by Crippen LogP contribution is 2.31. The molecule has 6 nitrogen and oxygen atoms in total. The van der Waals surface area contributed by atoms with E-state index in [0.29, 0.717) is 11.3 Å². The van der Waals surface area contributed by atoms with Crippen LogP contribution in [0.15, 0.2) is 83.8 Å². The minimum Gasteiger partial charge on any atom is -0.274 e. The first-order chi connectivity index (χ1) is 16.2. The van der Waals surface area contributed by atoms with Gasteiger partial charge in [0.05, 0.1) is 17.0 Å². The van der Waals surface area contributed by atoms with Gasteiger partial charge in [0, 0.05) is 6.54 Å². The first-order valence-corrected chi connectivity index (χ1v) is 12.4. The number of sulfonamides is 1. The van der Waals surface area contributed by atoms with Crippen LogP contribution in [0.3, 0.4) is 0 Å². The molecule has 0 bridgehead atoms. The van der Waals surface area contributed by atoms with Crippen molar-refractivity contribution in [3.8, 4) is 0 Å². The van der Waals surface area contributed by atoms with Crippen LogP contribution in [0.2, 0.25) is 0 Å². The van der Waals surface area contributed by atoms with E-state index in [-0.39, 0.29) is 23.8 Å². The van der Waals surface area contributed by atoms with Crippen molar-refractivity contribution >= 4 is 27.5 Å². The molecule has 1 heterocycles. The van der Waals surface area contributed by atoms with Crippen molar-refractivity contribution in [2.45, 2.75) is 43.7 Å². The quantitative estimate of drug-likeness (QED) is 0.468. The highest BCUT2D eigenvalue weighted by atomic mass is 32.2. The lowest BCUT2D eigenvalue weighted by Gasteiger charge is -2.27. The Morgan fingerprint density at radius 1 is 0.941 bits per heavy atom. The number of benzene rings is 3. The van der Waals surface area contributed by atoms with E-state index < -0.39 is 33.7 Å². The smallest absolute Gasteiger partial charge is 0.252 e. The molecule has 34 heavy (non-hydrogen) atoms. The molecule has 0 N–H and O–H groups in total. The molecule has 4 rings (SSSR count). The van der Waals surface area contributed by atoms with Crippen LogP contribution in [0.25, 0.3) is 0 Å². The van der Waals surface area contributed by atoms with Crippen molar-refractivity contribution in [2.24, 2.45) is 0 Å². The summed E-state index contributed by atoms with van der Waals surface area (Å²) in [5.41, 5.74) is 1.96. The van der Waals surface area contributed by atoms with Gasteiger partial charge in [-0.05, 0) is 53.4 Å². The van der Waals surface area contributed by atoms with E-state index in [1.165, 1.54) is 36.4 Å². The number of carbonyl (C=O) groups is 2. The van der Waals surface area contributed by atoms with E-state index in [1.807, 2.05) is 26.0 Å². The molecule has 1 aliphatic heterocycles. The lowest BCUT2D eigenvalue weighted by Crippen LogP contribution is -2.45. The number of nitrogens with zero attached hydrogens (tertiary/aromatic N) is 2. The van der Waals surface area contributed by atoms with Gasteiger partial charge < -0.3 is 0 Å². The molecule has 3 aromatic carbocycles. The number of halogens is 1. The Morgan fingerprint density at radius 2 is 1.56 bits per heavy atom. The van der Waals surface area contributed by atoms with Gasteiger partial charge in [-0.1, -0.05) is 56.3 Å². The van der Waals surface area contributed by atoms with Crippen LogP contribution in [0.4, 0.5) is 10.1 Å². The summed E-state index contributed by atoms with van der Waals surface area (Å²) in [7, 11) is -4.13. The summed E-state index contributed by atoms with van der Waals surface area (Å²) in [6.45, 7) is 3.90. The molecule has 0 aromatic heterocycles. The molecule has 0 spiro atoms. The largest absolute Gasteiger partial charge is 0.274 e. The minimum absolute atomic E-state index is 0.0112. The summed E-state index contributed by atoms with van der Waals surface area (Å²) < 4.78 is 41.6. The lowest BCUT2D eigenvalue weighted by molar-refractivity contribution is -0.122. The zero-order valence-corrected chi connectivity index (χ0v) is 19.7. The maximum absolute atomic E-state index is 13.6. The van der Waals surface area contributed by atoms with Crippen LogP contribution >= 0.6 is 0 Å². The Bertz CT molecular complexity index is 1290. The average molecular weight is 481 g/mol. The van der Waals surface area contributed by atoms with Crippen LogP contribution in [0.5, 0.6) is 0 Å². The van der Waals surface area contributed by atoms with Crippen molar-refractivity contribution in [1.29, 1.82) is 0 Å². The Kier molecular flexibility index (Phi) is 6.63. The monoisotopic (exact) mass is 480 g/mol. The second-order valence-corrected chi connectivity index (χ2v) is 10.4. The number of rotatable bonds is 7. The number of hydrogen-bond donors (Lipinski definition) is 0. The number of anilines is 1. The predicted octanol–water partition coefficient (Wildman–Crippen LogP) is 4.47. The third-order valence-electron chi connectivity index (χ3n) is 5.89. The normalized spacial score (nSPS) is 16.6. The van der Waals surface area contributed by atoms with Crippen LogP contribution in [-0.2, 0) is 26.2 Å². The van der Waals surface area contributed by atoms with Gasteiger partial charge in [0.15, 0.2) is 0 Å². The molecule has 1 fully saturated rings. The molecule has 3 aromatic rings. The molecule has 0 saturated carbocycles. The third-order valence-corrected chi connectivity index (χ3v) is 7.76. The summed E-state index contributed by atoms with van der Waals surface area (Å²) in [6.07, 6.45) is -0.280. The number of hydrogen-bond acceptors (Lipinski definition) is 4. The molecule has 1 saturated heterocycles. The summed E-state index contributed by atoms with van der Waals surface area (Å²) >= 11 is 0. The fraction of sp³-hybridized carbons (Fsp3) is 0.231. The van der Waals surface area contributed by atoms with E-state index >= 15 is 0 Å². The van der Waals surface area contributed by atoms with Crippen molar-refractivity contribution in [3.05, 3.63) is 95.8 Å². The predicted molar refractivity (Wildman–Crippen MR) is 127 cm³/mol. The number of imide groups is 1. The molecule has 0 aliphatic carbocycles. The lowest BCUT2D eigenvalue weighted by atomic mass is 10.0. The minimum atomic E-state index is -4.13. The summed E-state index contributed by atoms with van der Waals surface area (Å²) in [5, 5.41) is 0. The number of amides is 2. The molecule has 1 aliphatic rings. The van der Waals surface area contributed by atoms with Crippen molar-refractivity contribution in [1.82, 2.24) is 4.31 Å². The van der Waals surface area contributed by atoms with E-state index in [0.717, 1.165) is 14.8 Å². The second kappa shape index (κ2) is 9.48. The molecule has 0 radical (unpaired) electrons. The first kappa shape index (κ1) is 23.8.